The lowest BCUT2D eigenvalue weighted by molar-refractivity contribution is 0.447. The standard InChI is InChI=1S/C11H12INO2/c1-5-8-10(9(12)6(2)3)13-7(4)15-11(8)14/h5H,2H2,1,3-4H3/b8-5+,10-9-. The zero-order chi connectivity index (χ0) is 11.6. The Kier molecular flexibility index (Phi) is 3.84. The van der Waals surface area contributed by atoms with Gasteiger partial charge in [0.15, 0.2) is 5.89 Å². The van der Waals surface area contributed by atoms with Crippen LogP contribution in [0.1, 0.15) is 19.7 Å². The van der Waals surface area contributed by atoms with Crippen LogP contribution in [-0.2, 0) is 0 Å². The molecule has 0 radical (unpaired) electrons. The number of aryl methyl sites for hydroxylation is 1. The highest BCUT2D eigenvalue weighted by molar-refractivity contribution is 14.1. The number of hydrogen-bond acceptors (Lipinski definition) is 3. The summed E-state index contributed by atoms with van der Waals surface area (Å²) >= 11 is 2.13. The molecule has 0 aromatic carbocycles. The van der Waals surface area contributed by atoms with E-state index in [4.69, 9.17) is 4.42 Å². The largest absolute Gasteiger partial charge is 0.408 e. The Morgan fingerprint density at radius 2 is 2.20 bits per heavy atom. The van der Waals surface area contributed by atoms with Crippen LogP contribution in [0.5, 0.6) is 0 Å². The first-order valence-corrected chi connectivity index (χ1v) is 5.55. The molecular formula is C11H12INO2. The van der Waals surface area contributed by atoms with Gasteiger partial charge in [-0.25, -0.2) is 9.78 Å². The first-order chi connectivity index (χ1) is 6.97. The van der Waals surface area contributed by atoms with E-state index in [9.17, 15) is 4.79 Å². The lowest BCUT2D eigenvalue weighted by Gasteiger charge is -1.97. The molecule has 1 rings (SSSR count). The third-order valence-corrected chi connectivity index (χ3v) is 3.29. The number of rotatable bonds is 1. The maximum absolute atomic E-state index is 11.5. The van der Waals surface area contributed by atoms with Gasteiger partial charge in [0.05, 0.1) is 10.6 Å². The molecule has 0 amide bonds. The predicted octanol–water partition coefficient (Wildman–Crippen LogP) is 1.26. The highest BCUT2D eigenvalue weighted by Gasteiger charge is 2.02. The van der Waals surface area contributed by atoms with E-state index in [2.05, 4.69) is 34.2 Å². The van der Waals surface area contributed by atoms with E-state index in [0.717, 1.165) is 9.15 Å². The Morgan fingerprint density at radius 3 is 2.67 bits per heavy atom. The van der Waals surface area contributed by atoms with Gasteiger partial charge in [-0.05, 0) is 42.0 Å². The van der Waals surface area contributed by atoms with Gasteiger partial charge in [0.1, 0.15) is 0 Å². The van der Waals surface area contributed by atoms with Crippen LogP contribution in [0.25, 0.3) is 9.66 Å². The van der Waals surface area contributed by atoms with Gasteiger partial charge in [-0.15, -0.1) is 0 Å². The lowest BCUT2D eigenvalue weighted by atomic mass is 10.3. The van der Waals surface area contributed by atoms with Gasteiger partial charge in [-0.3, -0.25) is 0 Å². The monoisotopic (exact) mass is 317 g/mol. The van der Waals surface area contributed by atoms with Crippen LogP contribution in [0.4, 0.5) is 0 Å². The van der Waals surface area contributed by atoms with Gasteiger partial charge in [-0.1, -0.05) is 12.7 Å². The van der Waals surface area contributed by atoms with Gasteiger partial charge in [0.25, 0.3) is 0 Å². The quantitative estimate of drug-likeness (QED) is 0.733. The SMILES string of the molecule is C=C(C)/C(I)=c1/nc(C)oc(=O)/c1=C/C. The normalized spacial score (nSPS) is 14.0. The second-order valence-electron chi connectivity index (χ2n) is 3.17. The Hall–Kier alpha value is -0.910. The zero-order valence-electron chi connectivity index (χ0n) is 8.93. The van der Waals surface area contributed by atoms with Crippen molar-refractivity contribution in [2.75, 3.05) is 0 Å². The summed E-state index contributed by atoms with van der Waals surface area (Å²) < 4.78 is 5.81. The van der Waals surface area contributed by atoms with E-state index in [-0.39, 0.29) is 5.63 Å². The fourth-order valence-electron chi connectivity index (χ4n) is 1.15. The van der Waals surface area contributed by atoms with Crippen LogP contribution < -0.4 is 16.2 Å². The maximum atomic E-state index is 11.5. The van der Waals surface area contributed by atoms with Gasteiger partial charge in [0.2, 0.25) is 0 Å². The summed E-state index contributed by atoms with van der Waals surface area (Å²) in [5.41, 5.74) is 0.534. The minimum absolute atomic E-state index is 0.351. The maximum Gasteiger partial charge on any atom is 0.346 e. The summed E-state index contributed by atoms with van der Waals surface area (Å²) in [6.07, 6.45) is 1.70. The van der Waals surface area contributed by atoms with Crippen molar-refractivity contribution >= 4 is 32.2 Å². The minimum atomic E-state index is -0.351. The van der Waals surface area contributed by atoms with E-state index in [0.29, 0.717) is 16.5 Å². The summed E-state index contributed by atoms with van der Waals surface area (Å²) in [4.78, 5) is 15.8. The number of allylic oxidation sites excluding steroid dienone is 1. The molecular weight excluding hydrogens is 305 g/mol. The molecule has 0 spiro atoms. The van der Waals surface area contributed by atoms with Crippen LogP contribution in [0.3, 0.4) is 0 Å². The third-order valence-electron chi connectivity index (χ3n) is 1.86. The fourth-order valence-corrected chi connectivity index (χ4v) is 1.56. The molecule has 0 saturated heterocycles. The van der Waals surface area contributed by atoms with Crippen molar-refractivity contribution in [1.82, 2.24) is 4.98 Å². The number of nitrogens with zero attached hydrogens (tertiary/aromatic N) is 1. The number of aromatic nitrogens is 1. The molecule has 0 unspecified atom stereocenters. The molecule has 0 bridgehead atoms. The highest BCUT2D eigenvalue weighted by Crippen LogP contribution is 2.13. The second-order valence-corrected chi connectivity index (χ2v) is 4.24. The van der Waals surface area contributed by atoms with Gasteiger partial charge >= 0.3 is 5.63 Å². The Bertz CT molecular complexity index is 569. The Balaban J connectivity index is 3.94. The molecule has 1 heterocycles. The van der Waals surface area contributed by atoms with Crippen molar-refractivity contribution in [3.63, 3.8) is 0 Å². The number of halogens is 1. The van der Waals surface area contributed by atoms with Crippen molar-refractivity contribution in [2.24, 2.45) is 0 Å². The molecule has 0 fully saturated rings. The molecule has 0 aliphatic heterocycles. The summed E-state index contributed by atoms with van der Waals surface area (Å²) in [5, 5.41) is 1.15. The molecule has 80 valence electrons. The van der Waals surface area contributed by atoms with Gasteiger partial charge < -0.3 is 4.42 Å². The first kappa shape index (κ1) is 12.2. The van der Waals surface area contributed by atoms with Crippen molar-refractivity contribution in [2.45, 2.75) is 20.8 Å². The summed E-state index contributed by atoms with van der Waals surface area (Å²) in [7, 11) is 0. The molecule has 3 nitrogen and oxygen atoms in total. The molecule has 15 heavy (non-hydrogen) atoms. The molecule has 0 saturated carbocycles. The van der Waals surface area contributed by atoms with E-state index in [1.807, 2.05) is 6.92 Å². The minimum Gasteiger partial charge on any atom is -0.408 e. The topological polar surface area (TPSA) is 43.1 Å². The molecule has 0 aliphatic rings. The Labute approximate surface area is 101 Å². The van der Waals surface area contributed by atoms with Crippen LogP contribution >= 0.6 is 22.6 Å². The van der Waals surface area contributed by atoms with Crippen LogP contribution in [0.2, 0.25) is 0 Å². The second kappa shape index (κ2) is 4.74. The van der Waals surface area contributed by atoms with Crippen LogP contribution in [-0.4, -0.2) is 4.98 Å². The average Bonchev–Trinajstić information content (AvgIpc) is 2.15. The zero-order valence-corrected chi connectivity index (χ0v) is 11.1. The summed E-state index contributed by atoms with van der Waals surface area (Å²) in [6.45, 7) is 9.16. The van der Waals surface area contributed by atoms with Crippen LogP contribution in [0.15, 0.2) is 21.4 Å². The fraction of sp³-hybridized carbons (Fsp3) is 0.273. The summed E-state index contributed by atoms with van der Waals surface area (Å²) in [5.74, 6) is 0.371. The Morgan fingerprint density at radius 1 is 1.60 bits per heavy atom. The van der Waals surface area contributed by atoms with E-state index in [1.54, 1.807) is 19.9 Å². The highest BCUT2D eigenvalue weighted by atomic mass is 127. The first-order valence-electron chi connectivity index (χ1n) is 4.47. The van der Waals surface area contributed by atoms with Crippen molar-refractivity contribution in [1.29, 1.82) is 0 Å². The summed E-state index contributed by atoms with van der Waals surface area (Å²) in [6, 6.07) is 0. The van der Waals surface area contributed by atoms with Crippen molar-refractivity contribution in [3.8, 4) is 0 Å². The van der Waals surface area contributed by atoms with E-state index < -0.39 is 0 Å². The van der Waals surface area contributed by atoms with Crippen molar-refractivity contribution in [3.05, 3.63) is 39.0 Å². The molecule has 0 atom stereocenters. The van der Waals surface area contributed by atoms with E-state index in [1.165, 1.54) is 0 Å². The van der Waals surface area contributed by atoms with E-state index >= 15 is 0 Å². The molecule has 0 N–H and O–H groups in total. The molecule has 1 aromatic rings. The lowest BCUT2D eigenvalue weighted by Crippen LogP contribution is -2.41. The van der Waals surface area contributed by atoms with Crippen molar-refractivity contribution < 1.29 is 4.42 Å². The predicted molar refractivity (Wildman–Crippen MR) is 69.1 cm³/mol. The van der Waals surface area contributed by atoms with Gasteiger partial charge in [-0.2, -0.15) is 0 Å². The molecule has 1 aromatic heterocycles. The molecule has 4 heteroatoms. The van der Waals surface area contributed by atoms with Crippen LogP contribution in [0, 0.1) is 6.92 Å². The smallest absolute Gasteiger partial charge is 0.346 e. The third kappa shape index (κ3) is 2.56. The number of hydrogen-bond donors (Lipinski definition) is 0. The average molecular weight is 317 g/mol. The molecule has 0 aliphatic carbocycles. The van der Waals surface area contributed by atoms with Gasteiger partial charge in [0, 0.05) is 10.5 Å².